The van der Waals surface area contributed by atoms with E-state index in [4.69, 9.17) is 0 Å². The lowest BCUT2D eigenvalue weighted by Gasteiger charge is -2.32. The Hall–Kier alpha value is -3.24. The first-order valence-corrected chi connectivity index (χ1v) is 9.34. The van der Waals surface area contributed by atoms with Gasteiger partial charge in [0.2, 0.25) is 5.91 Å². The summed E-state index contributed by atoms with van der Waals surface area (Å²) in [4.78, 5) is 14.4. The number of rotatable bonds is 3. The molecule has 1 N–H and O–H groups in total. The van der Waals surface area contributed by atoms with Crippen LogP contribution in [0.5, 0.6) is 0 Å². The number of nitrogens with one attached hydrogen (secondary N) is 1. The van der Waals surface area contributed by atoms with Crippen molar-refractivity contribution >= 4 is 23.1 Å². The molecule has 0 spiro atoms. The van der Waals surface area contributed by atoms with Crippen LogP contribution in [0, 0.1) is 18.7 Å². The second-order valence-electron chi connectivity index (χ2n) is 7.19. The fourth-order valence-corrected chi connectivity index (χ4v) is 3.50. The summed E-state index contributed by atoms with van der Waals surface area (Å²) in [5, 5.41) is 13.5. The van der Waals surface area contributed by atoms with Crippen LogP contribution in [0.3, 0.4) is 0 Å². The summed E-state index contributed by atoms with van der Waals surface area (Å²) < 4.78 is 53.1. The number of benzene rings is 1. The third-order valence-electron chi connectivity index (χ3n) is 5.14. The zero-order valence-corrected chi connectivity index (χ0v) is 15.9. The minimum absolute atomic E-state index is 0.00927. The second kappa shape index (κ2) is 7.54. The van der Waals surface area contributed by atoms with Gasteiger partial charge in [0, 0.05) is 24.7 Å². The van der Waals surface area contributed by atoms with Crippen molar-refractivity contribution in [3.8, 4) is 0 Å². The van der Waals surface area contributed by atoms with Gasteiger partial charge < -0.3 is 10.2 Å². The Kier molecular flexibility index (Phi) is 5.04. The molecule has 3 heterocycles. The molecule has 1 amide bonds. The highest BCUT2D eigenvalue weighted by atomic mass is 19.4. The zero-order chi connectivity index (χ0) is 21.5. The highest BCUT2D eigenvalue weighted by Gasteiger charge is 2.38. The number of carbonyl (C=O) groups is 1. The van der Waals surface area contributed by atoms with Gasteiger partial charge in [-0.05, 0) is 55.7 Å². The molecule has 158 valence electrons. The van der Waals surface area contributed by atoms with E-state index in [0.29, 0.717) is 47.5 Å². The number of hydrogen-bond donors (Lipinski definition) is 1. The van der Waals surface area contributed by atoms with E-state index >= 15 is 0 Å². The van der Waals surface area contributed by atoms with Crippen LogP contribution < -0.4 is 10.2 Å². The molecule has 7 nitrogen and oxygen atoms in total. The third-order valence-corrected chi connectivity index (χ3v) is 5.14. The van der Waals surface area contributed by atoms with Gasteiger partial charge >= 0.3 is 6.18 Å². The number of anilines is 2. The maximum atomic E-state index is 13.2. The monoisotopic (exact) mass is 422 g/mol. The highest BCUT2D eigenvalue weighted by Crippen LogP contribution is 2.29. The van der Waals surface area contributed by atoms with Gasteiger partial charge in [-0.2, -0.15) is 17.7 Å². The smallest absolute Gasteiger partial charge is 0.355 e. The molecule has 1 saturated heterocycles. The summed E-state index contributed by atoms with van der Waals surface area (Å²) in [7, 11) is 0. The van der Waals surface area contributed by atoms with Crippen LogP contribution in [0.4, 0.5) is 29.1 Å². The van der Waals surface area contributed by atoms with E-state index in [1.165, 1.54) is 24.3 Å². The number of hydrogen-bond acceptors (Lipinski definition) is 5. The Morgan fingerprint density at radius 3 is 2.53 bits per heavy atom. The third kappa shape index (κ3) is 3.91. The molecule has 4 rings (SSSR count). The van der Waals surface area contributed by atoms with Crippen molar-refractivity contribution < 1.29 is 22.4 Å². The summed E-state index contributed by atoms with van der Waals surface area (Å²) in [6, 6.07) is 7.18. The summed E-state index contributed by atoms with van der Waals surface area (Å²) >= 11 is 0. The van der Waals surface area contributed by atoms with Crippen molar-refractivity contribution in [2.24, 2.45) is 5.92 Å². The molecule has 1 aliphatic heterocycles. The molecule has 3 aromatic rings. The number of alkyl halides is 3. The van der Waals surface area contributed by atoms with E-state index in [0.717, 1.165) is 0 Å². The largest absolute Gasteiger partial charge is 0.453 e. The van der Waals surface area contributed by atoms with Crippen molar-refractivity contribution in [2.45, 2.75) is 25.9 Å². The van der Waals surface area contributed by atoms with E-state index < -0.39 is 12.0 Å². The lowest BCUT2D eigenvalue weighted by molar-refractivity contribution is -0.146. The quantitative estimate of drug-likeness (QED) is 0.655. The molecule has 2 aromatic heterocycles. The lowest BCUT2D eigenvalue weighted by Crippen LogP contribution is -2.38. The average molecular weight is 422 g/mol. The van der Waals surface area contributed by atoms with Crippen LogP contribution in [0.2, 0.25) is 0 Å². The SMILES string of the molecule is Cc1cc(F)ccc1NC(=O)C1CCN(c2ccc3nnc(C(F)(F)F)n3n2)CC1. The maximum Gasteiger partial charge on any atom is 0.453 e. The summed E-state index contributed by atoms with van der Waals surface area (Å²) in [6.45, 7) is 2.63. The molecule has 0 unspecified atom stereocenters. The molecule has 0 aliphatic carbocycles. The first-order valence-electron chi connectivity index (χ1n) is 9.34. The molecule has 1 aromatic carbocycles. The number of aryl methyl sites for hydroxylation is 1. The maximum absolute atomic E-state index is 13.2. The average Bonchev–Trinajstić information content (AvgIpc) is 3.14. The fraction of sp³-hybridized carbons (Fsp3) is 0.368. The van der Waals surface area contributed by atoms with E-state index in [9.17, 15) is 22.4 Å². The number of fused-ring (bicyclic) bond motifs is 1. The molecule has 0 radical (unpaired) electrons. The Labute approximate surface area is 168 Å². The predicted molar refractivity (Wildman–Crippen MR) is 100 cm³/mol. The summed E-state index contributed by atoms with van der Waals surface area (Å²) in [5.41, 5.74) is 1.20. The standard InChI is InChI=1S/C19H18F4N6O/c1-11-10-13(20)2-3-14(11)24-17(30)12-6-8-28(9-7-12)16-5-4-15-25-26-18(19(21,22)23)29(15)27-16/h2-5,10,12H,6-9H2,1H3,(H,24,30). The number of amides is 1. The van der Waals surface area contributed by atoms with Gasteiger partial charge in [0.15, 0.2) is 5.65 Å². The molecule has 0 bridgehead atoms. The van der Waals surface area contributed by atoms with Crippen LogP contribution in [0.15, 0.2) is 30.3 Å². The van der Waals surface area contributed by atoms with Crippen molar-refractivity contribution in [2.75, 3.05) is 23.3 Å². The van der Waals surface area contributed by atoms with Crippen molar-refractivity contribution in [3.63, 3.8) is 0 Å². The first kappa shape index (κ1) is 20.0. The van der Waals surface area contributed by atoms with Crippen LogP contribution in [0.1, 0.15) is 24.2 Å². The molecule has 30 heavy (non-hydrogen) atoms. The second-order valence-corrected chi connectivity index (χ2v) is 7.19. The molecule has 0 saturated carbocycles. The Morgan fingerprint density at radius 2 is 1.87 bits per heavy atom. The normalized spacial score (nSPS) is 15.6. The minimum atomic E-state index is -4.66. The zero-order valence-electron chi connectivity index (χ0n) is 15.9. The van der Waals surface area contributed by atoms with E-state index in [1.54, 1.807) is 13.0 Å². The van der Waals surface area contributed by atoms with Gasteiger partial charge in [0.1, 0.15) is 11.6 Å². The van der Waals surface area contributed by atoms with Gasteiger partial charge in [0.25, 0.3) is 5.82 Å². The van der Waals surface area contributed by atoms with E-state index in [-0.39, 0.29) is 23.3 Å². The topological polar surface area (TPSA) is 75.4 Å². The molecular weight excluding hydrogens is 404 g/mol. The number of halogens is 4. The molecule has 11 heteroatoms. The van der Waals surface area contributed by atoms with Crippen LogP contribution in [-0.2, 0) is 11.0 Å². The van der Waals surface area contributed by atoms with Crippen molar-refractivity contribution in [1.29, 1.82) is 0 Å². The van der Waals surface area contributed by atoms with E-state index in [1.807, 2.05) is 4.90 Å². The molecule has 1 aliphatic rings. The number of carbonyl (C=O) groups excluding carboxylic acids is 1. The minimum Gasteiger partial charge on any atom is -0.355 e. The van der Waals surface area contributed by atoms with Crippen LogP contribution in [0.25, 0.3) is 5.65 Å². The summed E-state index contributed by atoms with van der Waals surface area (Å²) in [5.74, 6) is -1.60. The molecular formula is C19H18F4N6O. The molecule has 1 fully saturated rings. The van der Waals surface area contributed by atoms with Crippen molar-refractivity contribution in [1.82, 2.24) is 19.8 Å². The van der Waals surface area contributed by atoms with Gasteiger partial charge in [-0.1, -0.05) is 0 Å². The Balaban J connectivity index is 1.43. The molecule has 0 atom stereocenters. The highest BCUT2D eigenvalue weighted by molar-refractivity contribution is 5.93. The van der Waals surface area contributed by atoms with Gasteiger partial charge in [0.05, 0.1) is 0 Å². The van der Waals surface area contributed by atoms with Gasteiger partial charge in [-0.15, -0.1) is 15.3 Å². The predicted octanol–water partition coefficient (Wildman–Crippen LogP) is 3.45. The Bertz CT molecular complexity index is 1090. The lowest BCUT2D eigenvalue weighted by atomic mass is 9.95. The first-order chi connectivity index (χ1) is 14.2. The number of nitrogens with zero attached hydrogens (tertiary/aromatic N) is 5. The van der Waals surface area contributed by atoms with Gasteiger partial charge in [-0.25, -0.2) is 4.39 Å². The van der Waals surface area contributed by atoms with Crippen LogP contribution in [-0.4, -0.2) is 38.8 Å². The number of piperidine rings is 1. The summed E-state index contributed by atoms with van der Waals surface area (Å²) in [6.07, 6.45) is -3.63. The van der Waals surface area contributed by atoms with Crippen LogP contribution >= 0.6 is 0 Å². The van der Waals surface area contributed by atoms with E-state index in [2.05, 4.69) is 20.6 Å². The number of aromatic nitrogens is 4. The van der Waals surface area contributed by atoms with Gasteiger partial charge in [-0.3, -0.25) is 4.79 Å². The Morgan fingerprint density at radius 1 is 1.13 bits per heavy atom. The fourth-order valence-electron chi connectivity index (χ4n) is 3.50. The van der Waals surface area contributed by atoms with Crippen molar-refractivity contribution in [3.05, 3.63) is 47.5 Å².